The van der Waals surface area contributed by atoms with E-state index in [-0.39, 0.29) is 19.5 Å². The second-order valence-corrected chi connectivity index (χ2v) is 4.68. The molecule has 0 unspecified atom stereocenters. The SMILES string of the molecule is CCCN(CC(=O)OC)C(=O)N1C[C@H](O)C[C@@H]1C(=O)O. The lowest BCUT2D eigenvalue weighted by Crippen LogP contribution is -2.50. The van der Waals surface area contributed by atoms with Crippen molar-refractivity contribution in [3.63, 3.8) is 0 Å². The molecular formula is C12H20N2O6. The average Bonchev–Trinajstić information content (AvgIpc) is 2.79. The molecule has 1 aliphatic rings. The summed E-state index contributed by atoms with van der Waals surface area (Å²) in [4.78, 5) is 37.0. The number of ether oxygens (including phenoxy) is 1. The first-order valence-corrected chi connectivity index (χ1v) is 6.43. The molecule has 1 saturated heterocycles. The van der Waals surface area contributed by atoms with E-state index in [4.69, 9.17) is 5.11 Å². The molecule has 0 bridgehead atoms. The predicted octanol–water partition coefficient (Wildman–Crippen LogP) is -0.489. The number of aliphatic carboxylic acids is 1. The van der Waals surface area contributed by atoms with Gasteiger partial charge in [0.1, 0.15) is 12.6 Å². The maximum absolute atomic E-state index is 12.3. The van der Waals surface area contributed by atoms with E-state index in [2.05, 4.69) is 4.74 Å². The van der Waals surface area contributed by atoms with Gasteiger partial charge >= 0.3 is 18.0 Å². The zero-order valence-corrected chi connectivity index (χ0v) is 11.6. The first-order chi connectivity index (χ1) is 9.40. The summed E-state index contributed by atoms with van der Waals surface area (Å²) in [6, 6.07) is -1.63. The molecule has 0 spiro atoms. The van der Waals surface area contributed by atoms with Crippen LogP contribution in [0, 0.1) is 0 Å². The van der Waals surface area contributed by atoms with Gasteiger partial charge in [0, 0.05) is 19.5 Å². The van der Waals surface area contributed by atoms with Crippen molar-refractivity contribution < 1.29 is 29.3 Å². The number of carboxylic acids is 1. The number of aliphatic hydroxyl groups is 1. The summed E-state index contributed by atoms with van der Waals surface area (Å²) in [5.74, 6) is -1.73. The summed E-state index contributed by atoms with van der Waals surface area (Å²) in [6.45, 7) is 1.87. The number of nitrogens with zero attached hydrogens (tertiary/aromatic N) is 2. The van der Waals surface area contributed by atoms with Gasteiger partial charge in [0.2, 0.25) is 0 Å². The van der Waals surface area contributed by atoms with Gasteiger partial charge in [0.15, 0.2) is 0 Å². The van der Waals surface area contributed by atoms with Crippen LogP contribution in [0.4, 0.5) is 4.79 Å². The van der Waals surface area contributed by atoms with Gasteiger partial charge in [-0.1, -0.05) is 6.92 Å². The number of urea groups is 1. The molecule has 114 valence electrons. The highest BCUT2D eigenvalue weighted by Gasteiger charge is 2.40. The highest BCUT2D eigenvalue weighted by atomic mass is 16.5. The summed E-state index contributed by atoms with van der Waals surface area (Å²) >= 11 is 0. The van der Waals surface area contributed by atoms with Gasteiger partial charge in [-0.15, -0.1) is 0 Å². The van der Waals surface area contributed by atoms with Crippen LogP contribution in [0.2, 0.25) is 0 Å². The lowest BCUT2D eigenvalue weighted by molar-refractivity contribution is -0.141. The van der Waals surface area contributed by atoms with Gasteiger partial charge in [-0.2, -0.15) is 0 Å². The normalized spacial score (nSPS) is 21.6. The van der Waals surface area contributed by atoms with E-state index in [0.29, 0.717) is 13.0 Å². The Morgan fingerprint density at radius 3 is 2.55 bits per heavy atom. The Hall–Kier alpha value is -1.83. The quantitative estimate of drug-likeness (QED) is 0.661. The first-order valence-electron chi connectivity index (χ1n) is 6.43. The lowest BCUT2D eigenvalue weighted by Gasteiger charge is -2.29. The van der Waals surface area contributed by atoms with Gasteiger partial charge in [0.25, 0.3) is 0 Å². The minimum atomic E-state index is -1.16. The molecule has 0 saturated carbocycles. The summed E-state index contributed by atoms with van der Waals surface area (Å²) in [7, 11) is 1.22. The van der Waals surface area contributed by atoms with Crippen molar-refractivity contribution in [2.24, 2.45) is 0 Å². The molecule has 0 aliphatic carbocycles. The monoisotopic (exact) mass is 288 g/mol. The molecule has 1 fully saturated rings. The average molecular weight is 288 g/mol. The number of methoxy groups -OCH3 is 1. The molecular weight excluding hydrogens is 268 g/mol. The molecule has 0 radical (unpaired) electrons. The van der Waals surface area contributed by atoms with E-state index >= 15 is 0 Å². The number of hydrogen-bond acceptors (Lipinski definition) is 5. The Kier molecular flexibility index (Phi) is 5.75. The van der Waals surface area contributed by atoms with E-state index in [1.165, 1.54) is 12.0 Å². The molecule has 2 amide bonds. The topological polar surface area (TPSA) is 107 Å². The summed E-state index contributed by atoms with van der Waals surface area (Å²) in [6.07, 6.45) is -0.238. The number of amides is 2. The maximum Gasteiger partial charge on any atom is 0.326 e. The van der Waals surface area contributed by atoms with E-state index < -0.39 is 30.1 Å². The van der Waals surface area contributed by atoms with Crippen LogP contribution in [0.3, 0.4) is 0 Å². The number of likely N-dealkylation sites (tertiary alicyclic amines) is 1. The van der Waals surface area contributed by atoms with Crippen molar-refractivity contribution in [1.82, 2.24) is 9.80 Å². The molecule has 1 rings (SSSR count). The van der Waals surface area contributed by atoms with Crippen LogP contribution in [0.1, 0.15) is 19.8 Å². The molecule has 8 nitrogen and oxygen atoms in total. The fourth-order valence-electron chi connectivity index (χ4n) is 2.17. The Morgan fingerprint density at radius 1 is 1.40 bits per heavy atom. The van der Waals surface area contributed by atoms with Crippen LogP contribution < -0.4 is 0 Å². The summed E-state index contributed by atoms with van der Waals surface area (Å²) in [5.41, 5.74) is 0. The van der Waals surface area contributed by atoms with Gasteiger partial charge in [-0.05, 0) is 6.42 Å². The molecule has 1 aliphatic heterocycles. The minimum absolute atomic E-state index is 0.000732. The number of rotatable bonds is 5. The number of carbonyl (C=O) groups excluding carboxylic acids is 2. The van der Waals surface area contributed by atoms with Crippen molar-refractivity contribution in [3.8, 4) is 0 Å². The number of carbonyl (C=O) groups is 3. The number of aliphatic hydroxyl groups excluding tert-OH is 1. The van der Waals surface area contributed by atoms with Crippen LogP contribution in [0.15, 0.2) is 0 Å². The minimum Gasteiger partial charge on any atom is -0.480 e. The fourth-order valence-corrected chi connectivity index (χ4v) is 2.17. The lowest BCUT2D eigenvalue weighted by atomic mass is 10.2. The van der Waals surface area contributed by atoms with E-state index in [1.807, 2.05) is 6.92 Å². The van der Waals surface area contributed by atoms with Gasteiger partial charge in [-0.3, -0.25) is 4.79 Å². The Morgan fingerprint density at radius 2 is 2.05 bits per heavy atom. The summed E-state index contributed by atoms with van der Waals surface area (Å²) in [5, 5.41) is 18.6. The maximum atomic E-state index is 12.3. The number of hydrogen-bond donors (Lipinski definition) is 2. The Balaban J connectivity index is 2.82. The van der Waals surface area contributed by atoms with Crippen molar-refractivity contribution >= 4 is 18.0 Å². The standard InChI is InChI=1S/C12H20N2O6/c1-3-4-13(7-10(16)20-2)12(19)14-6-8(15)5-9(14)11(17)18/h8-9,15H,3-7H2,1-2H3,(H,17,18)/t8-,9-/m1/s1. The number of carboxylic acid groups (broad SMARTS) is 1. The van der Waals surface area contributed by atoms with E-state index in [0.717, 1.165) is 4.90 Å². The van der Waals surface area contributed by atoms with Gasteiger partial charge in [0.05, 0.1) is 13.2 Å². The van der Waals surface area contributed by atoms with E-state index in [1.54, 1.807) is 0 Å². The molecule has 20 heavy (non-hydrogen) atoms. The van der Waals surface area contributed by atoms with Crippen molar-refractivity contribution in [2.75, 3.05) is 26.7 Å². The molecule has 0 aromatic rings. The van der Waals surface area contributed by atoms with Gasteiger partial charge < -0.3 is 24.7 Å². The molecule has 0 aromatic heterocycles. The largest absolute Gasteiger partial charge is 0.480 e. The number of β-amino-alcohol motifs (C(OH)–C–C–N with tert-alkyl or cyclic N) is 1. The van der Waals surface area contributed by atoms with Gasteiger partial charge in [-0.25, -0.2) is 9.59 Å². The van der Waals surface area contributed by atoms with Crippen molar-refractivity contribution in [2.45, 2.75) is 31.9 Å². The third kappa shape index (κ3) is 3.83. The van der Waals surface area contributed by atoms with E-state index in [9.17, 15) is 19.5 Å². The molecule has 2 atom stereocenters. The fraction of sp³-hybridized carbons (Fsp3) is 0.750. The zero-order valence-electron chi connectivity index (χ0n) is 11.6. The smallest absolute Gasteiger partial charge is 0.326 e. The Bertz CT molecular complexity index is 386. The van der Waals surface area contributed by atoms with Crippen LogP contribution in [0.25, 0.3) is 0 Å². The predicted molar refractivity (Wildman–Crippen MR) is 68.0 cm³/mol. The van der Waals surface area contributed by atoms with Crippen molar-refractivity contribution in [3.05, 3.63) is 0 Å². The third-order valence-electron chi connectivity index (χ3n) is 3.12. The van der Waals surface area contributed by atoms with Crippen LogP contribution >= 0.6 is 0 Å². The highest BCUT2D eigenvalue weighted by molar-refractivity contribution is 5.86. The molecule has 0 aromatic carbocycles. The first kappa shape index (κ1) is 16.2. The van der Waals surface area contributed by atoms with Crippen molar-refractivity contribution in [1.29, 1.82) is 0 Å². The zero-order chi connectivity index (χ0) is 15.3. The number of esters is 1. The molecule has 1 heterocycles. The van der Waals surface area contributed by atoms with Crippen LogP contribution in [0.5, 0.6) is 0 Å². The highest BCUT2D eigenvalue weighted by Crippen LogP contribution is 2.20. The summed E-state index contributed by atoms with van der Waals surface area (Å²) < 4.78 is 4.52. The Labute approximate surface area is 116 Å². The second-order valence-electron chi connectivity index (χ2n) is 4.68. The molecule has 8 heteroatoms. The van der Waals surface area contributed by atoms with Crippen LogP contribution in [-0.2, 0) is 14.3 Å². The molecule has 2 N–H and O–H groups in total. The van der Waals surface area contributed by atoms with Crippen LogP contribution in [-0.4, -0.2) is 76.9 Å². The third-order valence-corrected chi connectivity index (χ3v) is 3.12. The second kappa shape index (κ2) is 7.09.